The Hall–Kier alpha value is -1.51. The number of anilines is 1. The third kappa shape index (κ3) is 2.99. The van der Waals surface area contributed by atoms with Crippen LogP contribution in [0.3, 0.4) is 0 Å². The van der Waals surface area contributed by atoms with Gasteiger partial charge in [0.05, 0.1) is 6.54 Å². The van der Waals surface area contributed by atoms with Gasteiger partial charge >= 0.3 is 0 Å². The molecule has 1 aromatic rings. The summed E-state index contributed by atoms with van der Waals surface area (Å²) < 4.78 is 0. The summed E-state index contributed by atoms with van der Waals surface area (Å²) in [6, 6.07) is 8.34. The minimum Gasteiger partial charge on any atom is -0.362 e. The van der Waals surface area contributed by atoms with Crippen LogP contribution in [0.15, 0.2) is 24.3 Å². The molecule has 2 rings (SSSR count). The SMILES string of the molecule is CCCCNC(=O)CN1CCc2ccccc21. The minimum absolute atomic E-state index is 0.134. The lowest BCUT2D eigenvalue weighted by Gasteiger charge is -2.18. The van der Waals surface area contributed by atoms with Crippen LogP contribution in [-0.4, -0.2) is 25.5 Å². The predicted octanol–water partition coefficient (Wildman–Crippen LogP) is 1.97. The van der Waals surface area contributed by atoms with Gasteiger partial charge in [0.25, 0.3) is 0 Å². The first-order chi connectivity index (χ1) is 8.31. The van der Waals surface area contributed by atoms with Gasteiger partial charge < -0.3 is 10.2 Å². The first kappa shape index (κ1) is 12.0. The molecule has 0 fully saturated rings. The van der Waals surface area contributed by atoms with Gasteiger partial charge in [0.2, 0.25) is 5.91 Å². The predicted molar refractivity (Wildman–Crippen MR) is 70.3 cm³/mol. The number of benzene rings is 1. The van der Waals surface area contributed by atoms with E-state index in [1.54, 1.807) is 0 Å². The summed E-state index contributed by atoms with van der Waals surface area (Å²) in [5, 5.41) is 2.96. The van der Waals surface area contributed by atoms with Crippen molar-refractivity contribution >= 4 is 11.6 Å². The number of nitrogens with one attached hydrogen (secondary N) is 1. The van der Waals surface area contributed by atoms with Crippen LogP contribution in [0.1, 0.15) is 25.3 Å². The number of rotatable bonds is 5. The Kier molecular flexibility index (Phi) is 4.02. The second-order valence-corrected chi connectivity index (χ2v) is 4.50. The van der Waals surface area contributed by atoms with Crippen LogP contribution in [-0.2, 0) is 11.2 Å². The van der Waals surface area contributed by atoms with Crippen molar-refractivity contribution in [1.82, 2.24) is 5.32 Å². The molecule has 1 heterocycles. The van der Waals surface area contributed by atoms with Crippen LogP contribution >= 0.6 is 0 Å². The molecule has 1 amide bonds. The molecule has 17 heavy (non-hydrogen) atoms. The Morgan fingerprint density at radius 2 is 2.24 bits per heavy atom. The lowest BCUT2D eigenvalue weighted by molar-refractivity contribution is -0.119. The van der Waals surface area contributed by atoms with Gasteiger partial charge in [-0.3, -0.25) is 4.79 Å². The molecule has 92 valence electrons. The first-order valence-electron chi connectivity index (χ1n) is 6.41. The molecule has 0 atom stereocenters. The van der Waals surface area contributed by atoms with Crippen molar-refractivity contribution in [2.75, 3.05) is 24.5 Å². The number of unbranched alkanes of at least 4 members (excludes halogenated alkanes) is 1. The largest absolute Gasteiger partial charge is 0.362 e. The second-order valence-electron chi connectivity index (χ2n) is 4.50. The number of nitrogens with zero attached hydrogens (tertiary/aromatic N) is 1. The monoisotopic (exact) mass is 232 g/mol. The number of amides is 1. The molecular formula is C14H20N2O. The number of carbonyl (C=O) groups excluding carboxylic acids is 1. The van der Waals surface area contributed by atoms with E-state index in [1.807, 2.05) is 6.07 Å². The highest BCUT2D eigenvalue weighted by Crippen LogP contribution is 2.26. The van der Waals surface area contributed by atoms with E-state index in [4.69, 9.17) is 0 Å². The molecule has 1 aliphatic rings. The Balaban J connectivity index is 1.87. The van der Waals surface area contributed by atoms with E-state index in [0.717, 1.165) is 32.4 Å². The molecule has 0 aliphatic carbocycles. The molecule has 0 radical (unpaired) electrons. The van der Waals surface area contributed by atoms with Gasteiger partial charge in [-0.15, -0.1) is 0 Å². The van der Waals surface area contributed by atoms with Crippen LogP contribution < -0.4 is 10.2 Å². The molecule has 1 aliphatic heterocycles. The van der Waals surface area contributed by atoms with E-state index < -0.39 is 0 Å². The molecule has 0 bridgehead atoms. The van der Waals surface area contributed by atoms with Crippen molar-refractivity contribution in [1.29, 1.82) is 0 Å². The lowest BCUT2D eigenvalue weighted by atomic mass is 10.2. The van der Waals surface area contributed by atoms with Gasteiger partial charge in [0.15, 0.2) is 0 Å². The Morgan fingerprint density at radius 3 is 3.06 bits per heavy atom. The molecule has 0 saturated heterocycles. The van der Waals surface area contributed by atoms with Crippen LogP contribution in [0.25, 0.3) is 0 Å². The third-order valence-electron chi connectivity index (χ3n) is 3.17. The fourth-order valence-corrected chi connectivity index (χ4v) is 2.20. The van der Waals surface area contributed by atoms with Gasteiger partial charge in [-0.25, -0.2) is 0 Å². The highest BCUT2D eigenvalue weighted by Gasteiger charge is 2.19. The summed E-state index contributed by atoms with van der Waals surface area (Å²) >= 11 is 0. The Bertz CT molecular complexity index is 390. The molecule has 1 N–H and O–H groups in total. The van der Waals surface area contributed by atoms with Gasteiger partial charge in [-0.2, -0.15) is 0 Å². The maximum atomic E-state index is 11.7. The van der Waals surface area contributed by atoms with Crippen LogP contribution in [0.5, 0.6) is 0 Å². The molecule has 3 heteroatoms. The summed E-state index contributed by atoms with van der Waals surface area (Å²) in [4.78, 5) is 13.9. The van der Waals surface area contributed by atoms with Crippen molar-refractivity contribution < 1.29 is 4.79 Å². The molecule has 0 spiro atoms. The first-order valence-corrected chi connectivity index (χ1v) is 6.41. The number of para-hydroxylation sites is 1. The van der Waals surface area contributed by atoms with Crippen molar-refractivity contribution in [2.24, 2.45) is 0 Å². The average molecular weight is 232 g/mol. The number of hydrogen-bond acceptors (Lipinski definition) is 2. The quantitative estimate of drug-likeness (QED) is 0.787. The van der Waals surface area contributed by atoms with Crippen molar-refractivity contribution in [3.63, 3.8) is 0 Å². The van der Waals surface area contributed by atoms with E-state index in [9.17, 15) is 4.79 Å². The maximum Gasteiger partial charge on any atom is 0.239 e. The molecule has 3 nitrogen and oxygen atoms in total. The third-order valence-corrected chi connectivity index (χ3v) is 3.17. The minimum atomic E-state index is 0.134. The van der Waals surface area contributed by atoms with E-state index in [-0.39, 0.29) is 5.91 Å². The zero-order valence-corrected chi connectivity index (χ0v) is 10.4. The average Bonchev–Trinajstić information content (AvgIpc) is 2.73. The summed E-state index contributed by atoms with van der Waals surface area (Å²) in [6.07, 6.45) is 3.23. The van der Waals surface area contributed by atoms with E-state index in [0.29, 0.717) is 6.54 Å². The van der Waals surface area contributed by atoms with Gasteiger partial charge in [-0.1, -0.05) is 31.5 Å². The standard InChI is InChI=1S/C14H20N2O/c1-2-3-9-15-14(17)11-16-10-8-12-6-4-5-7-13(12)16/h4-7H,2-3,8-11H2,1H3,(H,15,17). The Labute approximate surface area is 103 Å². The molecule has 0 unspecified atom stereocenters. The number of carbonyl (C=O) groups is 1. The topological polar surface area (TPSA) is 32.3 Å². The number of fused-ring (bicyclic) bond motifs is 1. The van der Waals surface area contributed by atoms with Gasteiger partial charge in [-0.05, 0) is 24.5 Å². The fourth-order valence-electron chi connectivity index (χ4n) is 2.20. The smallest absolute Gasteiger partial charge is 0.239 e. The zero-order chi connectivity index (χ0) is 12.1. The molecular weight excluding hydrogens is 212 g/mol. The van der Waals surface area contributed by atoms with Gasteiger partial charge in [0, 0.05) is 18.8 Å². The van der Waals surface area contributed by atoms with Gasteiger partial charge in [0.1, 0.15) is 0 Å². The normalized spacial score (nSPS) is 13.6. The Morgan fingerprint density at radius 1 is 1.41 bits per heavy atom. The maximum absolute atomic E-state index is 11.7. The highest BCUT2D eigenvalue weighted by molar-refractivity contribution is 5.82. The van der Waals surface area contributed by atoms with Crippen LogP contribution in [0.4, 0.5) is 5.69 Å². The van der Waals surface area contributed by atoms with Crippen molar-refractivity contribution in [2.45, 2.75) is 26.2 Å². The lowest BCUT2D eigenvalue weighted by Crippen LogP contribution is -2.36. The zero-order valence-electron chi connectivity index (χ0n) is 10.4. The van der Waals surface area contributed by atoms with Crippen molar-refractivity contribution in [3.8, 4) is 0 Å². The summed E-state index contributed by atoms with van der Waals surface area (Å²) in [6.45, 7) is 4.37. The number of hydrogen-bond donors (Lipinski definition) is 1. The fraction of sp³-hybridized carbons (Fsp3) is 0.500. The van der Waals surface area contributed by atoms with E-state index in [2.05, 4.69) is 35.3 Å². The van der Waals surface area contributed by atoms with Crippen LogP contribution in [0.2, 0.25) is 0 Å². The molecule has 0 aromatic heterocycles. The summed E-state index contributed by atoms with van der Waals surface area (Å²) in [5.74, 6) is 0.134. The highest BCUT2D eigenvalue weighted by atomic mass is 16.2. The van der Waals surface area contributed by atoms with E-state index in [1.165, 1.54) is 11.3 Å². The molecule has 1 aromatic carbocycles. The van der Waals surface area contributed by atoms with E-state index >= 15 is 0 Å². The van der Waals surface area contributed by atoms with Crippen LogP contribution in [0, 0.1) is 0 Å². The second kappa shape index (κ2) is 5.71. The summed E-state index contributed by atoms with van der Waals surface area (Å²) in [7, 11) is 0. The summed E-state index contributed by atoms with van der Waals surface area (Å²) in [5.41, 5.74) is 2.58. The molecule has 0 saturated carbocycles. The van der Waals surface area contributed by atoms with Crippen molar-refractivity contribution in [3.05, 3.63) is 29.8 Å².